The monoisotopic (exact) mass is 301 g/mol. The second-order valence-corrected chi connectivity index (χ2v) is 6.00. The zero-order valence-electron chi connectivity index (χ0n) is 8.52. The molecule has 0 heterocycles. The van der Waals surface area contributed by atoms with Crippen LogP contribution in [-0.4, -0.2) is 16.3 Å². The zero-order valence-corrected chi connectivity index (χ0v) is 10.9. The Morgan fingerprint density at radius 1 is 1.50 bits per heavy atom. The number of benzene rings is 1. The van der Waals surface area contributed by atoms with E-state index in [4.69, 9.17) is 10.8 Å². The Labute approximate surface area is 107 Å². The molecule has 1 aliphatic carbocycles. The molecule has 0 aromatic heterocycles. The predicted octanol–water partition coefficient (Wildman–Crippen LogP) is 2.99. The van der Waals surface area contributed by atoms with Gasteiger partial charge in [0.25, 0.3) is 0 Å². The van der Waals surface area contributed by atoms with Crippen LogP contribution in [0.2, 0.25) is 0 Å². The van der Waals surface area contributed by atoms with E-state index in [1.807, 2.05) is 18.2 Å². The van der Waals surface area contributed by atoms with Gasteiger partial charge in [-0.3, -0.25) is 4.79 Å². The van der Waals surface area contributed by atoms with Crippen LogP contribution in [0.3, 0.4) is 0 Å². The van der Waals surface area contributed by atoms with Crippen LogP contribution in [0, 0.1) is 5.92 Å². The van der Waals surface area contributed by atoms with Crippen LogP contribution < -0.4 is 5.73 Å². The van der Waals surface area contributed by atoms with Gasteiger partial charge in [-0.05, 0) is 47.0 Å². The maximum Gasteiger partial charge on any atom is 0.307 e. The highest BCUT2D eigenvalue weighted by atomic mass is 79.9. The highest BCUT2D eigenvalue weighted by Crippen LogP contribution is 2.43. The molecule has 0 aliphatic heterocycles. The summed E-state index contributed by atoms with van der Waals surface area (Å²) in [7, 11) is 0. The van der Waals surface area contributed by atoms with Crippen molar-refractivity contribution < 1.29 is 9.90 Å². The molecule has 0 spiro atoms. The maximum absolute atomic E-state index is 10.9. The number of rotatable bonds is 3. The Kier molecular flexibility index (Phi) is 3.44. The molecule has 2 unspecified atom stereocenters. The molecule has 1 aromatic rings. The standard InChI is InChI=1S/C11H12BrNO2S/c12-8-5-6(13)1-3-10(8)16-9-4-2-7(9)11(14)15/h1,3,5,7,9H,2,4,13H2,(H,14,15). The summed E-state index contributed by atoms with van der Waals surface area (Å²) in [5.41, 5.74) is 6.35. The van der Waals surface area contributed by atoms with Gasteiger partial charge in [0, 0.05) is 20.3 Å². The lowest BCUT2D eigenvalue weighted by Crippen LogP contribution is -2.35. The van der Waals surface area contributed by atoms with Crippen LogP contribution >= 0.6 is 27.7 Å². The van der Waals surface area contributed by atoms with Crippen LogP contribution in [-0.2, 0) is 4.79 Å². The highest BCUT2D eigenvalue weighted by molar-refractivity contribution is 9.10. The topological polar surface area (TPSA) is 63.3 Å². The van der Waals surface area contributed by atoms with Gasteiger partial charge in [0.15, 0.2) is 0 Å². The molecule has 86 valence electrons. The number of hydrogen-bond donors (Lipinski definition) is 2. The van der Waals surface area contributed by atoms with Crippen molar-refractivity contribution >= 4 is 39.3 Å². The van der Waals surface area contributed by atoms with Crippen LogP contribution in [0.15, 0.2) is 27.6 Å². The SMILES string of the molecule is Nc1ccc(SC2CCC2C(=O)O)c(Br)c1. The summed E-state index contributed by atoms with van der Waals surface area (Å²) >= 11 is 5.06. The van der Waals surface area contributed by atoms with E-state index < -0.39 is 5.97 Å². The molecule has 0 amide bonds. The van der Waals surface area contributed by atoms with Crippen molar-refractivity contribution in [2.75, 3.05) is 5.73 Å². The number of hydrogen-bond acceptors (Lipinski definition) is 3. The van der Waals surface area contributed by atoms with Crippen LogP contribution in [0.4, 0.5) is 5.69 Å². The zero-order chi connectivity index (χ0) is 11.7. The van der Waals surface area contributed by atoms with Crippen molar-refractivity contribution in [3.63, 3.8) is 0 Å². The quantitative estimate of drug-likeness (QED) is 0.843. The Morgan fingerprint density at radius 3 is 2.75 bits per heavy atom. The molecule has 2 rings (SSSR count). The summed E-state index contributed by atoms with van der Waals surface area (Å²) in [6.07, 6.45) is 1.76. The van der Waals surface area contributed by atoms with Gasteiger partial charge >= 0.3 is 5.97 Å². The minimum absolute atomic E-state index is 0.192. The van der Waals surface area contributed by atoms with Gasteiger partial charge in [0.2, 0.25) is 0 Å². The minimum atomic E-state index is -0.685. The van der Waals surface area contributed by atoms with Gasteiger partial charge in [-0.15, -0.1) is 11.8 Å². The molecule has 0 radical (unpaired) electrons. The predicted molar refractivity (Wildman–Crippen MR) is 68.6 cm³/mol. The van der Waals surface area contributed by atoms with E-state index in [-0.39, 0.29) is 11.2 Å². The van der Waals surface area contributed by atoms with E-state index in [2.05, 4.69) is 15.9 Å². The largest absolute Gasteiger partial charge is 0.481 e. The third-order valence-corrected chi connectivity index (χ3v) is 5.16. The van der Waals surface area contributed by atoms with E-state index >= 15 is 0 Å². The third kappa shape index (κ3) is 2.35. The molecule has 1 saturated carbocycles. The van der Waals surface area contributed by atoms with Crippen LogP contribution in [0.1, 0.15) is 12.8 Å². The molecule has 0 saturated heterocycles. The number of nitrogen functional groups attached to an aromatic ring is 1. The Hall–Kier alpha value is -0.680. The van der Waals surface area contributed by atoms with E-state index in [0.717, 1.165) is 22.2 Å². The summed E-state index contributed by atoms with van der Waals surface area (Å²) in [6.45, 7) is 0. The van der Waals surface area contributed by atoms with Gasteiger partial charge in [0.05, 0.1) is 5.92 Å². The first-order valence-electron chi connectivity index (χ1n) is 5.02. The molecular weight excluding hydrogens is 290 g/mol. The van der Waals surface area contributed by atoms with Gasteiger partial charge in [-0.25, -0.2) is 0 Å². The third-order valence-electron chi connectivity index (χ3n) is 2.76. The molecule has 3 nitrogen and oxygen atoms in total. The lowest BCUT2D eigenvalue weighted by molar-refractivity contribution is -0.144. The molecule has 5 heteroatoms. The van der Waals surface area contributed by atoms with Crippen molar-refractivity contribution in [1.29, 1.82) is 0 Å². The molecule has 0 bridgehead atoms. The van der Waals surface area contributed by atoms with Crippen molar-refractivity contribution in [3.05, 3.63) is 22.7 Å². The highest BCUT2D eigenvalue weighted by Gasteiger charge is 2.37. The number of carbonyl (C=O) groups is 1. The summed E-state index contributed by atoms with van der Waals surface area (Å²) in [5, 5.41) is 9.14. The number of anilines is 1. The normalized spacial score (nSPS) is 23.8. The fraction of sp³-hybridized carbons (Fsp3) is 0.364. The van der Waals surface area contributed by atoms with E-state index in [9.17, 15) is 4.79 Å². The second kappa shape index (κ2) is 4.67. The molecule has 1 aliphatic rings. The minimum Gasteiger partial charge on any atom is -0.481 e. The Bertz CT molecular complexity index is 424. The lowest BCUT2D eigenvalue weighted by Gasteiger charge is -2.32. The molecular formula is C11H12BrNO2S. The number of carboxylic acids is 1. The van der Waals surface area contributed by atoms with Crippen LogP contribution in [0.25, 0.3) is 0 Å². The van der Waals surface area contributed by atoms with Crippen molar-refractivity contribution in [3.8, 4) is 0 Å². The van der Waals surface area contributed by atoms with E-state index in [0.29, 0.717) is 5.69 Å². The Morgan fingerprint density at radius 2 is 2.25 bits per heavy atom. The van der Waals surface area contributed by atoms with Crippen molar-refractivity contribution in [2.24, 2.45) is 5.92 Å². The molecule has 2 atom stereocenters. The fourth-order valence-electron chi connectivity index (χ4n) is 1.67. The average molecular weight is 302 g/mol. The smallest absolute Gasteiger partial charge is 0.307 e. The first-order chi connectivity index (χ1) is 7.58. The summed E-state index contributed by atoms with van der Waals surface area (Å²) < 4.78 is 0.938. The van der Waals surface area contributed by atoms with Gasteiger partial charge in [-0.1, -0.05) is 0 Å². The summed E-state index contributed by atoms with van der Waals surface area (Å²) in [4.78, 5) is 11.9. The van der Waals surface area contributed by atoms with Gasteiger partial charge < -0.3 is 10.8 Å². The first-order valence-corrected chi connectivity index (χ1v) is 6.69. The number of aliphatic carboxylic acids is 1. The summed E-state index contributed by atoms with van der Waals surface area (Å²) in [5.74, 6) is -0.884. The summed E-state index contributed by atoms with van der Waals surface area (Å²) in [6, 6.07) is 5.61. The maximum atomic E-state index is 10.9. The average Bonchev–Trinajstić information content (AvgIpc) is 2.13. The van der Waals surface area contributed by atoms with Crippen molar-refractivity contribution in [2.45, 2.75) is 23.0 Å². The van der Waals surface area contributed by atoms with Crippen molar-refractivity contribution in [1.82, 2.24) is 0 Å². The first kappa shape index (κ1) is 11.8. The molecule has 16 heavy (non-hydrogen) atoms. The molecule has 3 N–H and O–H groups in total. The number of halogens is 1. The number of thioether (sulfide) groups is 1. The van der Waals surface area contributed by atoms with E-state index in [1.165, 1.54) is 0 Å². The second-order valence-electron chi connectivity index (χ2n) is 3.87. The fourth-order valence-corrected chi connectivity index (χ4v) is 3.66. The van der Waals surface area contributed by atoms with Gasteiger partial charge in [0.1, 0.15) is 0 Å². The van der Waals surface area contributed by atoms with Crippen LogP contribution in [0.5, 0.6) is 0 Å². The molecule has 1 aromatic carbocycles. The number of carboxylic acid groups (broad SMARTS) is 1. The van der Waals surface area contributed by atoms with Gasteiger partial charge in [-0.2, -0.15) is 0 Å². The molecule has 1 fully saturated rings. The Balaban J connectivity index is 2.07. The number of nitrogens with two attached hydrogens (primary N) is 1. The lowest BCUT2D eigenvalue weighted by atomic mass is 9.85. The van der Waals surface area contributed by atoms with E-state index in [1.54, 1.807) is 11.8 Å².